The predicted octanol–water partition coefficient (Wildman–Crippen LogP) is 4.78. The second kappa shape index (κ2) is 16.4. The number of aliphatic hydroxyl groups excluding tert-OH is 2. The Hall–Kier alpha value is -3.64. The first-order chi connectivity index (χ1) is 21.3. The number of carbonyl (C=O) groups excluding carboxylic acids is 2. The van der Waals surface area contributed by atoms with Gasteiger partial charge < -0.3 is 25.0 Å². The van der Waals surface area contributed by atoms with Crippen LogP contribution in [0.4, 0.5) is 5.69 Å². The lowest BCUT2D eigenvalue weighted by atomic mass is 9.98. The van der Waals surface area contributed by atoms with E-state index in [1.165, 1.54) is 0 Å². The van der Waals surface area contributed by atoms with E-state index in [1.54, 1.807) is 17.6 Å². The van der Waals surface area contributed by atoms with Gasteiger partial charge in [-0.2, -0.15) is 0 Å². The lowest BCUT2D eigenvalue weighted by Gasteiger charge is -2.39. The van der Waals surface area contributed by atoms with Crippen molar-refractivity contribution in [3.05, 3.63) is 101 Å². The largest absolute Gasteiger partial charge is 0.392 e. The summed E-state index contributed by atoms with van der Waals surface area (Å²) in [7, 11) is 1.98. The number of amides is 2. The summed E-state index contributed by atoms with van der Waals surface area (Å²) in [5.74, 6) is -0.626. The summed E-state index contributed by atoms with van der Waals surface area (Å²) in [6.45, 7) is 2.54. The number of likely N-dealkylation sites (N-methyl/N-ethyl adjacent to an activating group) is 1. The molecule has 0 spiro atoms. The zero-order chi connectivity index (χ0) is 31.5. The molecule has 3 aromatic rings. The number of hydrogen-bond acceptors (Lipinski definition) is 8. The highest BCUT2D eigenvalue weighted by Crippen LogP contribution is 2.38. The van der Waals surface area contributed by atoms with Gasteiger partial charge in [-0.3, -0.25) is 19.7 Å². The molecular formula is C34H43N3O7. The van der Waals surface area contributed by atoms with Crippen LogP contribution >= 0.6 is 0 Å². The number of hydrogen-bond donors (Lipinski definition) is 5. The van der Waals surface area contributed by atoms with E-state index in [0.29, 0.717) is 31.5 Å². The highest BCUT2D eigenvalue weighted by Gasteiger charge is 2.34. The van der Waals surface area contributed by atoms with Crippen molar-refractivity contribution >= 4 is 17.5 Å². The molecule has 236 valence electrons. The topological polar surface area (TPSA) is 141 Å². The van der Waals surface area contributed by atoms with Gasteiger partial charge in [-0.15, -0.1) is 0 Å². The molecule has 10 nitrogen and oxygen atoms in total. The maximum absolute atomic E-state index is 12.3. The van der Waals surface area contributed by atoms with Crippen molar-refractivity contribution < 1.29 is 34.5 Å². The summed E-state index contributed by atoms with van der Waals surface area (Å²) < 4.78 is 12.9. The van der Waals surface area contributed by atoms with Gasteiger partial charge in [0.1, 0.15) is 0 Å². The number of anilines is 1. The van der Waals surface area contributed by atoms with Crippen molar-refractivity contribution in [1.82, 2.24) is 10.4 Å². The minimum absolute atomic E-state index is 0.0314. The van der Waals surface area contributed by atoms with Crippen LogP contribution in [-0.2, 0) is 25.7 Å². The number of aliphatic hydroxyl groups is 2. The fourth-order valence-electron chi connectivity index (χ4n) is 5.26. The van der Waals surface area contributed by atoms with Gasteiger partial charge in [-0.1, -0.05) is 66.7 Å². The van der Waals surface area contributed by atoms with Crippen LogP contribution < -0.4 is 10.8 Å². The van der Waals surface area contributed by atoms with Gasteiger partial charge in [0, 0.05) is 43.1 Å². The predicted molar refractivity (Wildman–Crippen MR) is 165 cm³/mol. The van der Waals surface area contributed by atoms with Gasteiger partial charge in [0.15, 0.2) is 6.29 Å². The Morgan fingerprint density at radius 1 is 0.909 bits per heavy atom. The number of hydroxylamine groups is 1. The number of carbonyl (C=O) groups is 2. The van der Waals surface area contributed by atoms with Crippen LogP contribution in [0.1, 0.15) is 79.8 Å². The van der Waals surface area contributed by atoms with E-state index in [-0.39, 0.29) is 43.6 Å². The molecule has 1 fully saturated rings. The number of rotatable bonds is 14. The van der Waals surface area contributed by atoms with Crippen LogP contribution in [0.2, 0.25) is 0 Å². The molecule has 0 aliphatic carbocycles. The lowest BCUT2D eigenvalue weighted by Crippen LogP contribution is -2.43. The zero-order valence-electron chi connectivity index (χ0n) is 25.3. The first kappa shape index (κ1) is 33.3. The van der Waals surface area contributed by atoms with Crippen LogP contribution in [0, 0.1) is 0 Å². The molecular weight excluding hydrogens is 562 g/mol. The third-order valence-electron chi connectivity index (χ3n) is 8.05. The Kier molecular flexibility index (Phi) is 12.4. The van der Waals surface area contributed by atoms with Gasteiger partial charge in [-0.25, -0.2) is 5.48 Å². The molecule has 44 heavy (non-hydrogen) atoms. The minimum atomic E-state index is -0.651. The minimum Gasteiger partial charge on any atom is -0.392 e. The maximum Gasteiger partial charge on any atom is 0.243 e. The fourth-order valence-corrected chi connectivity index (χ4v) is 5.26. The van der Waals surface area contributed by atoms with E-state index in [9.17, 15) is 19.8 Å². The number of unbranched alkanes of at least 4 members (excludes halogenated alkanes) is 1. The van der Waals surface area contributed by atoms with Crippen LogP contribution in [0.15, 0.2) is 78.9 Å². The van der Waals surface area contributed by atoms with Crippen molar-refractivity contribution in [1.29, 1.82) is 0 Å². The molecule has 0 bridgehead atoms. The normalized spacial score (nSPS) is 19.7. The van der Waals surface area contributed by atoms with Gasteiger partial charge in [0.25, 0.3) is 0 Å². The molecule has 4 rings (SSSR count). The second-order valence-corrected chi connectivity index (χ2v) is 11.3. The summed E-state index contributed by atoms with van der Waals surface area (Å²) in [4.78, 5) is 25.6. The monoisotopic (exact) mass is 605 g/mol. The van der Waals surface area contributed by atoms with E-state index in [1.807, 2.05) is 80.7 Å². The molecule has 2 amide bonds. The van der Waals surface area contributed by atoms with Crippen molar-refractivity contribution in [2.24, 2.45) is 0 Å². The van der Waals surface area contributed by atoms with E-state index in [0.717, 1.165) is 22.3 Å². The summed E-state index contributed by atoms with van der Waals surface area (Å²) in [5.41, 5.74) is 5.70. The third kappa shape index (κ3) is 9.43. The molecule has 3 aromatic carbocycles. The SMILES string of the molecule is CC(C(O)c1ccccc1)N(C)CC1CC(c2ccc(CO)cc2)OC(c2ccc(NC(=O)CCCCC(=O)NO)cc2)O1. The highest BCUT2D eigenvalue weighted by atomic mass is 16.7. The Balaban J connectivity index is 1.42. The Labute approximate surface area is 258 Å². The number of ether oxygens (including phenoxy) is 2. The fraction of sp³-hybridized carbons (Fsp3) is 0.412. The smallest absolute Gasteiger partial charge is 0.243 e. The molecule has 5 N–H and O–H groups in total. The van der Waals surface area contributed by atoms with Crippen LogP contribution in [0.25, 0.3) is 0 Å². The molecule has 0 saturated carbocycles. The summed E-state index contributed by atoms with van der Waals surface area (Å²) in [5, 5.41) is 31.9. The summed E-state index contributed by atoms with van der Waals surface area (Å²) >= 11 is 0. The standard InChI is InChI=1S/C34H43N3O7/c1-23(33(41)26-8-4-3-5-9-26)37(2)21-29-20-30(25-14-12-24(22-38)13-15-25)44-34(43-29)27-16-18-28(19-17-27)35-31(39)10-6-7-11-32(40)36-42/h3-5,8-9,12-19,23,29-30,33-34,38,41-42H,6-7,10-11,20-22H2,1-2H3,(H,35,39)(H,36,40). The number of nitrogens with zero attached hydrogens (tertiary/aromatic N) is 1. The molecule has 0 aromatic heterocycles. The first-order valence-electron chi connectivity index (χ1n) is 15.0. The van der Waals surface area contributed by atoms with Crippen LogP contribution in [0.5, 0.6) is 0 Å². The average Bonchev–Trinajstić information content (AvgIpc) is 3.06. The van der Waals surface area contributed by atoms with Crippen molar-refractivity contribution in [2.75, 3.05) is 18.9 Å². The Bertz CT molecular complexity index is 1320. The quantitative estimate of drug-likeness (QED) is 0.100. The molecule has 1 aliphatic heterocycles. The molecule has 5 atom stereocenters. The maximum atomic E-state index is 12.3. The lowest BCUT2D eigenvalue weighted by molar-refractivity contribution is -0.253. The molecule has 5 unspecified atom stereocenters. The van der Waals surface area contributed by atoms with E-state index >= 15 is 0 Å². The number of benzene rings is 3. The third-order valence-corrected chi connectivity index (χ3v) is 8.05. The van der Waals surface area contributed by atoms with E-state index in [4.69, 9.17) is 14.7 Å². The zero-order valence-corrected chi connectivity index (χ0v) is 25.3. The molecule has 1 heterocycles. The first-order valence-corrected chi connectivity index (χ1v) is 15.0. The molecule has 1 aliphatic rings. The average molecular weight is 606 g/mol. The van der Waals surface area contributed by atoms with E-state index < -0.39 is 18.3 Å². The van der Waals surface area contributed by atoms with Gasteiger partial charge in [0.05, 0.1) is 24.9 Å². The van der Waals surface area contributed by atoms with Crippen molar-refractivity contribution in [3.63, 3.8) is 0 Å². The summed E-state index contributed by atoms with van der Waals surface area (Å²) in [6, 6.07) is 24.5. The van der Waals surface area contributed by atoms with Gasteiger partial charge >= 0.3 is 0 Å². The Morgan fingerprint density at radius 2 is 1.55 bits per heavy atom. The van der Waals surface area contributed by atoms with Crippen LogP contribution in [-0.4, -0.2) is 57.9 Å². The van der Waals surface area contributed by atoms with E-state index in [2.05, 4.69) is 10.2 Å². The van der Waals surface area contributed by atoms with Gasteiger partial charge in [-0.05, 0) is 55.6 Å². The van der Waals surface area contributed by atoms with Crippen molar-refractivity contribution in [2.45, 2.75) is 76.3 Å². The molecule has 10 heteroatoms. The Morgan fingerprint density at radius 3 is 2.18 bits per heavy atom. The second-order valence-electron chi connectivity index (χ2n) is 11.3. The van der Waals surface area contributed by atoms with Crippen molar-refractivity contribution in [3.8, 4) is 0 Å². The summed E-state index contributed by atoms with van der Waals surface area (Å²) in [6.07, 6.45) is 0.317. The number of nitrogens with one attached hydrogen (secondary N) is 2. The molecule has 1 saturated heterocycles. The molecule has 0 radical (unpaired) electrons. The highest BCUT2D eigenvalue weighted by molar-refractivity contribution is 5.90. The van der Waals surface area contributed by atoms with Crippen LogP contribution in [0.3, 0.4) is 0 Å². The van der Waals surface area contributed by atoms with Gasteiger partial charge in [0.2, 0.25) is 11.8 Å².